The number of rotatable bonds is 7. The monoisotopic (exact) mass is 370 g/mol. The van der Waals surface area contributed by atoms with Crippen molar-refractivity contribution in [1.82, 2.24) is 14.9 Å². The first-order valence-electron chi connectivity index (χ1n) is 10.5. The molecule has 146 valence electrons. The molecule has 2 aliphatic heterocycles. The molecule has 0 bridgehead atoms. The second-order valence-electron chi connectivity index (χ2n) is 8.25. The zero-order valence-electron chi connectivity index (χ0n) is 16.4. The second-order valence-corrected chi connectivity index (χ2v) is 8.25. The van der Waals surface area contributed by atoms with Crippen LogP contribution in [0, 0.1) is 0 Å². The van der Waals surface area contributed by atoms with E-state index in [0.29, 0.717) is 5.56 Å². The quantitative estimate of drug-likeness (QED) is 0.736. The number of carbonyl (C=O) groups excluding carboxylic acids is 1. The molecule has 6 nitrogen and oxygen atoms in total. The molecule has 3 N–H and O–H groups in total. The van der Waals surface area contributed by atoms with Gasteiger partial charge in [0.05, 0.1) is 49.8 Å². The Morgan fingerprint density at radius 3 is 2.78 bits per heavy atom. The lowest BCUT2D eigenvalue weighted by Crippen LogP contribution is -2.48. The lowest BCUT2D eigenvalue weighted by Gasteiger charge is -2.34. The second kappa shape index (κ2) is 7.60. The van der Waals surface area contributed by atoms with Crippen LogP contribution in [-0.4, -0.2) is 52.7 Å². The van der Waals surface area contributed by atoms with Gasteiger partial charge in [-0.15, -0.1) is 0 Å². The largest absolute Gasteiger partial charge is 0.366 e. The summed E-state index contributed by atoms with van der Waals surface area (Å²) in [7, 11) is 0. The van der Waals surface area contributed by atoms with Crippen LogP contribution in [0.5, 0.6) is 0 Å². The van der Waals surface area contributed by atoms with Crippen molar-refractivity contribution in [3.05, 3.63) is 29.6 Å². The summed E-state index contributed by atoms with van der Waals surface area (Å²) in [6.07, 6.45) is 6.19. The Morgan fingerprint density at radius 1 is 1.30 bits per heavy atom. The highest BCUT2D eigenvalue weighted by Crippen LogP contribution is 2.29. The van der Waals surface area contributed by atoms with E-state index < -0.39 is 5.91 Å². The van der Waals surface area contributed by atoms with Crippen LogP contribution in [0.25, 0.3) is 11.0 Å². The van der Waals surface area contributed by atoms with Gasteiger partial charge in [0.25, 0.3) is 5.91 Å². The predicted molar refractivity (Wildman–Crippen MR) is 107 cm³/mol. The van der Waals surface area contributed by atoms with Crippen molar-refractivity contribution in [3.8, 4) is 0 Å². The molecule has 27 heavy (non-hydrogen) atoms. The summed E-state index contributed by atoms with van der Waals surface area (Å²) in [6.45, 7) is 9.26. The van der Waals surface area contributed by atoms with Crippen LogP contribution in [-0.2, 0) is 6.54 Å². The molecule has 2 aliphatic rings. The van der Waals surface area contributed by atoms with E-state index in [-0.39, 0.29) is 6.04 Å². The number of benzene rings is 1. The van der Waals surface area contributed by atoms with Crippen molar-refractivity contribution in [1.29, 1.82) is 0 Å². The molecule has 1 aromatic carbocycles. The highest BCUT2D eigenvalue weighted by molar-refractivity contribution is 6.04. The number of aromatic nitrogens is 2. The number of imidazole rings is 1. The van der Waals surface area contributed by atoms with Gasteiger partial charge in [-0.3, -0.25) is 4.79 Å². The molecule has 1 amide bonds. The van der Waals surface area contributed by atoms with Crippen LogP contribution in [0.3, 0.4) is 0 Å². The van der Waals surface area contributed by atoms with Gasteiger partial charge in [0.15, 0.2) is 0 Å². The van der Waals surface area contributed by atoms with E-state index in [0.717, 1.165) is 42.9 Å². The standard InChI is InChI=1S/C21H31N5O/c1-2-12-26(13-3-4-14-26)15-11-25-18-9-5-7-16(20(22)27)19(18)24-21(25)17-8-6-10-23-17/h5,7,9,17,23H,2-4,6,8,10-15H2,1H3,(H-,22,27)/p+1. The van der Waals surface area contributed by atoms with Gasteiger partial charge >= 0.3 is 0 Å². The minimum Gasteiger partial charge on any atom is -0.366 e. The third-order valence-electron chi connectivity index (χ3n) is 6.46. The topological polar surface area (TPSA) is 72.9 Å². The number of carbonyl (C=O) groups is 1. The van der Waals surface area contributed by atoms with E-state index in [9.17, 15) is 4.79 Å². The number of hydrogen-bond donors (Lipinski definition) is 2. The van der Waals surface area contributed by atoms with Gasteiger partial charge < -0.3 is 20.1 Å². The molecule has 3 heterocycles. The molecule has 0 radical (unpaired) electrons. The smallest absolute Gasteiger partial charge is 0.250 e. The highest BCUT2D eigenvalue weighted by Gasteiger charge is 2.32. The number of likely N-dealkylation sites (tertiary alicyclic amines) is 1. The maximum absolute atomic E-state index is 11.9. The third kappa shape index (κ3) is 3.48. The molecular weight excluding hydrogens is 338 g/mol. The number of primary amides is 1. The summed E-state index contributed by atoms with van der Waals surface area (Å²) in [5, 5.41) is 3.58. The molecule has 0 spiro atoms. The SMILES string of the molecule is CCC[N+]1(CCn2c(C3CCCN3)nc3c(C(N)=O)cccc32)CCCC1. The average Bonchev–Trinajstić information content (AvgIpc) is 3.39. The zero-order chi connectivity index (χ0) is 18.9. The molecule has 2 aromatic rings. The Kier molecular flexibility index (Phi) is 5.19. The Labute approximate surface area is 161 Å². The molecule has 0 saturated carbocycles. The van der Waals surface area contributed by atoms with Gasteiger partial charge in [0, 0.05) is 12.8 Å². The molecule has 1 unspecified atom stereocenters. The van der Waals surface area contributed by atoms with E-state index in [1.165, 1.54) is 49.8 Å². The maximum atomic E-state index is 11.9. The predicted octanol–water partition coefficient (Wildman–Crippen LogP) is 2.58. The van der Waals surface area contributed by atoms with Crippen molar-refractivity contribution < 1.29 is 9.28 Å². The Bertz CT molecular complexity index is 815. The summed E-state index contributed by atoms with van der Waals surface area (Å²) < 4.78 is 3.59. The van der Waals surface area contributed by atoms with Crippen molar-refractivity contribution in [3.63, 3.8) is 0 Å². The van der Waals surface area contributed by atoms with Gasteiger partial charge in [-0.2, -0.15) is 0 Å². The number of fused-ring (bicyclic) bond motifs is 1. The summed E-state index contributed by atoms with van der Waals surface area (Å²) in [4.78, 5) is 16.8. The minimum atomic E-state index is -0.398. The average molecular weight is 371 g/mol. The number of nitrogens with zero attached hydrogens (tertiary/aromatic N) is 3. The minimum absolute atomic E-state index is 0.274. The molecule has 1 aromatic heterocycles. The van der Waals surface area contributed by atoms with E-state index in [2.05, 4.69) is 22.9 Å². The van der Waals surface area contributed by atoms with E-state index in [1.807, 2.05) is 6.07 Å². The van der Waals surface area contributed by atoms with Crippen LogP contribution >= 0.6 is 0 Å². The van der Waals surface area contributed by atoms with E-state index in [1.54, 1.807) is 6.07 Å². The number of hydrogen-bond acceptors (Lipinski definition) is 3. The lowest BCUT2D eigenvalue weighted by molar-refractivity contribution is -0.917. The Morgan fingerprint density at radius 2 is 2.11 bits per heavy atom. The number of nitrogens with one attached hydrogen (secondary N) is 1. The fourth-order valence-corrected chi connectivity index (χ4v) is 5.12. The first kappa shape index (κ1) is 18.4. The fraction of sp³-hybridized carbons (Fsp3) is 0.619. The van der Waals surface area contributed by atoms with Crippen LogP contribution in [0.15, 0.2) is 18.2 Å². The molecule has 2 saturated heterocycles. The fourth-order valence-electron chi connectivity index (χ4n) is 5.12. The highest BCUT2D eigenvalue weighted by atomic mass is 16.1. The van der Waals surface area contributed by atoms with Crippen molar-refractivity contribution >= 4 is 16.9 Å². The molecular formula is C21H32N5O+. The van der Waals surface area contributed by atoms with Crippen molar-refractivity contribution in [2.45, 2.75) is 51.6 Å². The summed E-state index contributed by atoms with van der Waals surface area (Å²) in [5.74, 6) is 0.676. The van der Waals surface area contributed by atoms with Gasteiger partial charge in [0.1, 0.15) is 11.3 Å². The number of nitrogens with two attached hydrogens (primary N) is 1. The van der Waals surface area contributed by atoms with Crippen LogP contribution in [0.2, 0.25) is 0 Å². The Hall–Kier alpha value is -1.92. The van der Waals surface area contributed by atoms with Crippen LogP contribution < -0.4 is 11.1 Å². The first-order valence-corrected chi connectivity index (χ1v) is 10.5. The number of amides is 1. The van der Waals surface area contributed by atoms with Crippen LogP contribution in [0.1, 0.15) is 61.3 Å². The third-order valence-corrected chi connectivity index (χ3v) is 6.46. The van der Waals surface area contributed by atoms with Crippen molar-refractivity contribution in [2.24, 2.45) is 5.73 Å². The van der Waals surface area contributed by atoms with Crippen molar-refractivity contribution in [2.75, 3.05) is 32.7 Å². The summed E-state index contributed by atoms with van der Waals surface area (Å²) in [6, 6.07) is 6.08. The lowest BCUT2D eigenvalue weighted by atomic mass is 10.2. The molecule has 6 heteroatoms. The first-order chi connectivity index (χ1) is 13.1. The van der Waals surface area contributed by atoms with Gasteiger partial charge in [-0.25, -0.2) is 4.98 Å². The van der Waals surface area contributed by atoms with Gasteiger partial charge in [-0.1, -0.05) is 13.0 Å². The number of quaternary nitrogens is 1. The summed E-state index contributed by atoms with van der Waals surface area (Å²) in [5.41, 5.74) is 7.96. The maximum Gasteiger partial charge on any atom is 0.250 e. The number of para-hydroxylation sites is 1. The van der Waals surface area contributed by atoms with Gasteiger partial charge in [0.2, 0.25) is 0 Å². The molecule has 2 fully saturated rings. The molecule has 1 atom stereocenters. The molecule has 4 rings (SSSR count). The van der Waals surface area contributed by atoms with E-state index in [4.69, 9.17) is 10.7 Å². The molecule has 0 aliphatic carbocycles. The Balaban J connectivity index is 1.72. The van der Waals surface area contributed by atoms with Gasteiger partial charge in [-0.05, 0) is 37.9 Å². The van der Waals surface area contributed by atoms with Crippen LogP contribution in [0.4, 0.5) is 0 Å². The normalized spacial score (nSPS) is 21.9. The summed E-state index contributed by atoms with van der Waals surface area (Å²) >= 11 is 0. The van der Waals surface area contributed by atoms with E-state index >= 15 is 0 Å². The zero-order valence-corrected chi connectivity index (χ0v) is 16.4.